The fourth-order valence-corrected chi connectivity index (χ4v) is 5.52. The molecule has 4 aromatic rings. The van der Waals surface area contributed by atoms with Gasteiger partial charge in [-0.1, -0.05) is 12.1 Å². The van der Waals surface area contributed by atoms with E-state index in [4.69, 9.17) is 18.7 Å². The Balaban J connectivity index is 1.39. The highest BCUT2D eigenvalue weighted by atomic mass is 19.1. The Kier molecular flexibility index (Phi) is 7.86. The molecule has 2 amide bonds. The number of halogens is 1. The van der Waals surface area contributed by atoms with Crippen molar-refractivity contribution in [1.82, 2.24) is 15.4 Å². The molecule has 0 radical (unpaired) electrons. The van der Waals surface area contributed by atoms with Gasteiger partial charge >= 0.3 is 0 Å². The Hall–Kier alpha value is -5.06. The molecule has 3 aromatic carbocycles. The van der Waals surface area contributed by atoms with Crippen LogP contribution in [0.15, 0.2) is 70.0 Å². The van der Waals surface area contributed by atoms with Crippen LogP contribution < -0.4 is 25.1 Å². The van der Waals surface area contributed by atoms with Gasteiger partial charge in [0.1, 0.15) is 23.1 Å². The molecule has 2 N–H and O–H groups in total. The van der Waals surface area contributed by atoms with Crippen LogP contribution in [0.25, 0.3) is 0 Å². The number of nitrogens with zero attached hydrogens (tertiary/aromatic N) is 1. The number of fused-ring (bicyclic) bond motifs is 6. The van der Waals surface area contributed by atoms with Crippen molar-refractivity contribution < 1.29 is 32.7 Å². The van der Waals surface area contributed by atoms with E-state index in [1.807, 2.05) is 35.2 Å². The number of benzene rings is 3. The molecule has 3 aliphatic rings. The average Bonchev–Trinajstić information content (AvgIpc) is 3.44. The zero-order valence-electron chi connectivity index (χ0n) is 23.5. The number of carbonyl (C=O) groups is 2. The largest absolute Gasteiger partial charge is 0.493 e. The zero-order valence-corrected chi connectivity index (χ0v) is 23.5. The molecule has 0 aliphatic carbocycles. The number of H-pyrrole nitrogens is 1. The summed E-state index contributed by atoms with van der Waals surface area (Å²) in [5.74, 6) is 1.03. The normalized spacial score (nSPS) is 16.4. The summed E-state index contributed by atoms with van der Waals surface area (Å²) in [6.07, 6.45) is 1.48. The third-order valence-electron chi connectivity index (χ3n) is 7.61. The van der Waals surface area contributed by atoms with E-state index < -0.39 is 17.8 Å². The van der Waals surface area contributed by atoms with E-state index >= 15 is 0 Å². The van der Waals surface area contributed by atoms with Gasteiger partial charge < -0.3 is 29.0 Å². The molecule has 0 spiro atoms. The van der Waals surface area contributed by atoms with E-state index in [2.05, 4.69) is 10.5 Å². The van der Waals surface area contributed by atoms with Gasteiger partial charge in [0, 0.05) is 32.0 Å². The third-order valence-corrected chi connectivity index (χ3v) is 7.61. The van der Waals surface area contributed by atoms with Crippen LogP contribution in [0, 0.1) is 5.82 Å². The lowest BCUT2D eigenvalue weighted by atomic mass is 9.87. The average molecular weight is 588 g/mol. The molecule has 3 aliphatic heterocycles. The van der Waals surface area contributed by atoms with Crippen molar-refractivity contribution in [2.75, 3.05) is 26.8 Å². The molecule has 222 valence electrons. The first kappa shape index (κ1) is 28.1. The second kappa shape index (κ2) is 12.0. The Labute approximate surface area is 246 Å². The van der Waals surface area contributed by atoms with Gasteiger partial charge in [-0.15, -0.1) is 0 Å². The first-order valence-corrected chi connectivity index (χ1v) is 14.1. The molecule has 0 saturated carbocycles. The first-order valence-electron chi connectivity index (χ1n) is 14.1. The fraction of sp³-hybridized carbons (Fsp3) is 0.281. The van der Waals surface area contributed by atoms with Crippen LogP contribution in [0.2, 0.25) is 0 Å². The Morgan fingerprint density at radius 2 is 1.91 bits per heavy atom. The second-order valence-corrected chi connectivity index (χ2v) is 10.4. The summed E-state index contributed by atoms with van der Waals surface area (Å²) in [6.45, 7) is 0.975. The maximum Gasteiger partial charge on any atom is 0.280 e. The highest BCUT2D eigenvalue weighted by Crippen LogP contribution is 2.41. The number of aromatic nitrogens is 1. The molecule has 0 fully saturated rings. The molecule has 7 rings (SSSR count). The monoisotopic (exact) mass is 587 g/mol. The molecule has 4 heterocycles. The highest BCUT2D eigenvalue weighted by molar-refractivity contribution is 5.94. The lowest BCUT2D eigenvalue weighted by molar-refractivity contribution is -0.133. The zero-order chi connectivity index (χ0) is 29.9. The lowest BCUT2D eigenvalue weighted by Crippen LogP contribution is -2.40. The van der Waals surface area contributed by atoms with Crippen LogP contribution in [-0.4, -0.2) is 48.7 Å². The van der Waals surface area contributed by atoms with Gasteiger partial charge in [-0.05, 0) is 72.0 Å². The van der Waals surface area contributed by atoms with Gasteiger partial charge in [-0.2, -0.15) is 5.16 Å². The second-order valence-electron chi connectivity index (χ2n) is 10.4. The van der Waals surface area contributed by atoms with Crippen LogP contribution in [0.1, 0.15) is 51.7 Å². The van der Waals surface area contributed by atoms with Crippen molar-refractivity contribution in [3.8, 4) is 23.0 Å². The predicted octanol–water partition coefficient (Wildman–Crippen LogP) is 4.53. The van der Waals surface area contributed by atoms with Crippen molar-refractivity contribution in [2.24, 2.45) is 0 Å². The molecule has 1 unspecified atom stereocenters. The number of hydrogen-bond donors (Lipinski definition) is 2. The predicted molar refractivity (Wildman–Crippen MR) is 153 cm³/mol. The third kappa shape index (κ3) is 5.97. The summed E-state index contributed by atoms with van der Waals surface area (Å²) in [5.41, 5.74) is 2.30. The number of aryl methyl sites for hydroxylation is 1. The van der Waals surface area contributed by atoms with Gasteiger partial charge in [0.15, 0.2) is 11.5 Å². The van der Waals surface area contributed by atoms with Gasteiger partial charge in [0.25, 0.3) is 11.5 Å². The molecule has 10 nitrogen and oxygen atoms in total. The molecule has 43 heavy (non-hydrogen) atoms. The molecule has 1 aromatic heterocycles. The molecule has 0 saturated heterocycles. The summed E-state index contributed by atoms with van der Waals surface area (Å²) in [4.78, 5) is 39.6. The smallest absolute Gasteiger partial charge is 0.280 e. The quantitative estimate of drug-likeness (QED) is 0.360. The molecular weight excluding hydrogens is 557 g/mol. The topological polar surface area (TPSA) is 123 Å². The molecule has 8 bridgehead atoms. The Bertz CT molecular complexity index is 1730. The minimum atomic E-state index is -0.645. The van der Waals surface area contributed by atoms with E-state index in [1.165, 1.54) is 24.3 Å². The number of amides is 2. The number of rotatable bonds is 4. The van der Waals surface area contributed by atoms with Gasteiger partial charge in [0.05, 0.1) is 25.3 Å². The number of aromatic amines is 1. The molecular formula is C32H30FN3O7. The Morgan fingerprint density at radius 3 is 2.72 bits per heavy atom. The lowest BCUT2D eigenvalue weighted by Gasteiger charge is -2.38. The van der Waals surface area contributed by atoms with Crippen LogP contribution in [0.5, 0.6) is 23.0 Å². The van der Waals surface area contributed by atoms with Crippen molar-refractivity contribution in [3.63, 3.8) is 0 Å². The van der Waals surface area contributed by atoms with Crippen molar-refractivity contribution in [3.05, 3.63) is 105 Å². The van der Waals surface area contributed by atoms with E-state index in [1.54, 1.807) is 13.2 Å². The number of hydrogen-bond acceptors (Lipinski definition) is 7. The van der Waals surface area contributed by atoms with Crippen LogP contribution >= 0.6 is 0 Å². The standard InChI is InChI=1S/C32H30FN3O7/c1-40-27-9-3-20-16-28(27)41-14-2-12-34-32(39)25-17-22(5-8-26(25)33)42-21-4-7-24-19(15-21)11-13-36(31(20)24)30(38)10-6-23-18-29(37)35-43-23/h3-5,7-9,15-18,31H,2,6,10-14H2,1H3,(H,34,39)(H,35,37). The van der Waals surface area contributed by atoms with Gasteiger partial charge in [0.2, 0.25) is 5.91 Å². The minimum Gasteiger partial charge on any atom is -0.493 e. The SMILES string of the molecule is COc1ccc2cc1OCCCNC(=O)c1cc(ccc1F)Oc1ccc3c(c1)CCN(C(=O)CCc1cc(=O)[nH]o1)C23. The first-order chi connectivity index (χ1) is 20.9. The van der Waals surface area contributed by atoms with E-state index in [0.717, 1.165) is 16.7 Å². The summed E-state index contributed by atoms with van der Waals surface area (Å²) in [7, 11) is 1.55. The van der Waals surface area contributed by atoms with Gasteiger partial charge in [-0.3, -0.25) is 14.4 Å². The summed E-state index contributed by atoms with van der Waals surface area (Å²) in [5, 5.41) is 4.99. The minimum absolute atomic E-state index is 0.0881. The summed E-state index contributed by atoms with van der Waals surface area (Å²) in [6, 6.07) is 16.2. The Morgan fingerprint density at radius 1 is 1.07 bits per heavy atom. The number of methoxy groups -OCH3 is 1. The fourth-order valence-electron chi connectivity index (χ4n) is 5.52. The molecule has 11 heteroatoms. The number of ether oxygens (including phenoxy) is 3. The van der Waals surface area contributed by atoms with E-state index in [-0.39, 0.29) is 43.0 Å². The maximum absolute atomic E-state index is 14.5. The maximum atomic E-state index is 14.5. The highest BCUT2D eigenvalue weighted by Gasteiger charge is 2.33. The van der Waals surface area contributed by atoms with Crippen LogP contribution in [0.4, 0.5) is 4.39 Å². The van der Waals surface area contributed by atoms with Crippen molar-refractivity contribution in [2.45, 2.75) is 31.7 Å². The summed E-state index contributed by atoms with van der Waals surface area (Å²) >= 11 is 0. The van der Waals surface area contributed by atoms with Crippen molar-refractivity contribution >= 4 is 11.8 Å². The van der Waals surface area contributed by atoms with E-state index in [0.29, 0.717) is 48.1 Å². The van der Waals surface area contributed by atoms with Crippen molar-refractivity contribution in [1.29, 1.82) is 0 Å². The summed E-state index contributed by atoms with van der Waals surface area (Å²) < 4.78 is 37.3. The molecule has 1 atom stereocenters. The number of carbonyl (C=O) groups excluding carboxylic acids is 2. The van der Waals surface area contributed by atoms with Gasteiger partial charge in [-0.25, -0.2) is 4.39 Å². The van der Waals surface area contributed by atoms with Crippen LogP contribution in [0.3, 0.4) is 0 Å². The van der Waals surface area contributed by atoms with E-state index in [9.17, 15) is 18.8 Å². The number of nitrogens with one attached hydrogen (secondary N) is 2. The van der Waals surface area contributed by atoms with Crippen LogP contribution in [-0.2, 0) is 17.6 Å².